The molecule has 1 N–H and O–H groups in total. The molecule has 2 aromatic rings. The van der Waals surface area contributed by atoms with Crippen molar-refractivity contribution in [3.8, 4) is 0 Å². The van der Waals surface area contributed by atoms with E-state index in [1.807, 2.05) is 6.07 Å². The van der Waals surface area contributed by atoms with Crippen LogP contribution in [0, 0.1) is 5.92 Å². The third-order valence-electron chi connectivity index (χ3n) is 4.96. The van der Waals surface area contributed by atoms with Gasteiger partial charge in [-0.2, -0.15) is 0 Å². The second-order valence-electron chi connectivity index (χ2n) is 6.50. The van der Waals surface area contributed by atoms with Crippen LogP contribution in [0.2, 0.25) is 0 Å². The number of furan rings is 1. The molecule has 0 saturated carbocycles. The van der Waals surface area contributed by atoms with Crippen molar-refractivity contribution in [3.63, 3.8) is 0 Å². The molecule has 2 saturated heterocycles. The van der Waals surface area contributed by atoms with Gasteiger partial charge in [-0.3, -0.25) is 4.79 Å². The zero-order chi connectivity index (χ0) is 15.1. The molecule has 22 heavy (non-hydrogen) atoms. The van der Waals surface area contributed by atoms with Crippen LogP contribution < -0.4 is 5.32 Å². The lowest BCUT2D eigenvalue weighted by Gasteiger charge is -2.30. The number of carbonyl (C=O) groups is 1. The number of piperidine rings is 1. The minimum Gasteiger partial charge on any atom is -0.462 e. The van der Waals surface area contributed by atoms with Gasteiger partial charge >= 0.3 is 0 Å². The molecule has 0 aromatic carbocycles. The van der Waals surface area contributed by atoms with E-state index >= 15 is 0 Å². The average molecular weight is 299 g/mol. The van der Waals surface area contributed by atoms with Crippen LogP contribution in [0.25, 0.3) is 11.0 Å². The molecule has 0 radical (unpaired) electrons. The summed E-state index contributed by atoms with van der Waals surface area (Å²) in [4.78, 5) is 19.2. The van der Waals surface area contributed by atoms with Crippen LogP contribution in [0.1, 0.15) is 35.8 Å². The average Bonchev–Trinajstić information content (AvgIpc) is 3.09. The van der Waals surface area contributed by atoms with Gasteiger partial charge < -0.3 is 14.6 Å². The topological polar surface area (TPSA) is 58.4 Å². The van der Waals surface area contributed by atoms with Gasteiger partial charge in [0, 0.05) is 24.5 Å². The summed E-state index contributed by atoms with van der Waals surface area (Å²) in [6.45, 7) is 5.43. The van der Waals surface area contributed by atoms with Crippen molar-refractivity contribution in [2.45, 2.75) is 32.2 Å². The Morgan fingerprint density at radius 2 is 2.41 bits per heavy atom. The number of nitrogens with zero attached hydrogens (tertiary/aromatic N) is 2. The zero-order valence-electron chi connectivity index (χ0n) is 12.8. The first-order valence-corrected chi connectivity index (χ1v) is 8.12. The third kappa shape index (κ3) is 2.39. The molecule has 0 aliphatic carbocycles. The number of rotatable bonds is 3. The Balaban J connectivity index is 1.52. The molecule has 2 aromatic heterocycles. The minimum absolute atomic E-state index is 0.0716. The molecule has 1 unspecified atom stereocenters. The van der Waals surface area contributed by atoms with E-state index in [-0.39, 0.29) is 11.9 Å². The van der Waals surface area contributed by atoms with Crippen molar-refractivity contribution in [1.29, 1.82) is 0 Å². The molecule has 4 heterocycles. The quantitative estimate of drug-likeness (QED) is 0.944. The maximum absolute atomic E-state index is 12.5. The van der Waals surface area contributed by atoms with Gasteiger partial charge in [-0.05, 0) is 43.4 Å². The van der Waals surface area contributed by atoms with Crippen molar-refractivity contribution >= 4 is 16.9 Å². The molecule has 2 aliphatic heterocycles. The predicted octanol–water partition coefficient (Wildman–Crippen LogP) is 2.21. The van der Waals surface area contributed by atoms with Gasteiger partial charge in [0.2, 0.25) is 0 Å². The first-order valence-electron chi connectivity index (χ1n) is 8.12. The van der Waals surface area contributed by atoms with Crippen LogP contribution in [-0.4, -0.2) is 41.5 Å². The lowest BCUT2D eigenvalue weighted by molar-refractivity contribution is 0.0904. The van der Waals surface area contributed by atoms with Gasteiger partial charge in [-0.25, -0.2) is 4.98 Å². The largest absolute Gasteiger partial charge is 0.462 e. The van der Waals surface area contributed by atoms with Crippen LogP contribution in [0.5, 0.6) is 0 Å². The summed E-state index contributed by atoms with van der Waals surface area (Å²) in [5.41, 5.74) is 2.35. The Morgan fingerprint density at radius 3 is 3.23 bits per heavy atom. The summed E-state index contributed by atoms with van der Waals surface area (Å²) in [5.74, 6) is 0.674. The van der Waals surface area contributed by atoms with E-state index in [1.54, 1.807) is 12.5 Å². The van der Waals surface area contributed by atoms with E-state index < -0.39 is 0 Å². The fourth-order valence-electron chi connectivity index (χ4n) is 3.81. The molecule has 1 amide bonds. The van der Waals surface area contributed by atoms with Crippen molar-refractivity contribution in [2.75, 3.05) is 19.6 Å². The Bertz CT molecular complexity index is 697. The number of aryl methyl sites for hydroxylation is 1. The third-order valence-corrected chi connectivity index (χ3v) is 4.96. The van der Waals surface area contributed by atoms with Crippen LogP contribution >= 0.6 is 0 Å². The summed E-state index contributed by atoms with van der Waals surface area (Å²) < 4.78 is 5.46. The molecule has 0 spiro atoms. The van der Waals surface area contributed by atoms with Crippen molar-refractivity contribution in [3.05, 3.63) is 29.8 Å². The van der Waals surface area contributed by atoms with Crippen molar-refractivity contribution < 1.29 is 9.21 Å². The van der Waals surface area contributed by atoms with E-state index in [4.69, 9.17) is 4.42 Å². The number of fused-ring (bicyclic) bond motifs is 3. The maximum atomic E-state index is 12.5. The Labute approximate surface area is 129 Å². The number of hydrogen-bond acceptors (Lipinski definition) is 4. The fraction of sp³-hybridized carbons (Fsp3) is 0.529. The van der Waals surface area contributed by atoms with Crippen LogP contribution in [0.3, 0.4) is 0 Å². The van der Waals surface area contributed by atoms with Gasteiger partial charge in [0.15, 0.2) is 5.58 Å². The second kappa shape index (κ2) is 5.39. The predicted molar refractivity (Wildman–Crippen MR) is 83.8 cm³/mol. The van der Waals surface area contributed by atoms with Crippen LogP contribution in [0.15, 0.2) is 22.9 Å². The molecule has 5 heteroatoms. The molecule has 3 atom stereocenters. The fourth-order valence-corrected chi connectivity index (χ4v) is 3.81. The highest BCUT2D eigenvalue weighted by Gasteiger charge is 2.33. The normalized spacial score (nSPS) is 27.2. The van der Waals surface area contributed by atoms with Gasteiger partial charge in [0.25, 0.3) is 5.91 Å². The smallest absolute Gasteiger partial charge is 0.270 e. The highest BCUT2D eigenvalue weighted by Crippen LogP contribution is 2.27. The Hall–Kier alpha value is -1.88. The van der Waals surface area contributed by atoms with E-state index in [9.17, 15) is 4.79 Å². The van der Waals surface area contributed by atoms with Gasteiger partial charge in [-0.15, -0.1) is 0 Å². The summed E-state index contributed by atoms with van der Waals surface area (Å²) in [7, 11) is 0. The maximum Gasteiger partial charge on any atom is 0.270 e. The lowest BCUT2D eigenvalue weighted by Crippen LogP contribution is -2.47. The number of aromatic nitrogens is 1. The number of amides is 1. The first-order chi connectivity index (χ1) is 10.7. The highest BCUT2D eigenvalue weighted by atomic mass is 16.3. The minimum atomic E-state index is -0.0716. The number of pyridine rings is 1. The number of hydrogen-bond donors (Lipinski definition) is 1. The molecule has 2 bridgehead atoms. The van der Waals surface area contributed by atoms with E-state index in [0.29, 0.717) is 5.69 Å². The van der Waals surface area contributed by atoms with Crippen molar-refractivity contribution in [2.24, 2.45) is 5.92 Å². The summed E-state index contributed by atoms with van der Waals surface area (Å²) in [5, 5.41) is 4.15. The van der Waals surface area contributed by atoms with Crippen LogP contribution in [0.4, 0.5) is 0 Å². The number of nitrogens with one attached hydrogen (secondary N) is 1. The summed E-state index contributed by atoms with van der Waals surface area (Å²) >= 11 is 0. The first kappa shape index (κ1) is 13.8. The summed E-state index contributed by atoms with van der Waals surface area (Å²) in [6, 6.07) is 2.10. The molecule has 5 nitrogen and oxygen atoms in total. The second-order valence-corrected chi connectivity index (χ2v) is 6.50. The Morgan fingerprint density at radius 1 is 1.50 bits per heavy atom. The highest BCUT2D eigenvalue weighted by molar-refractivity contribution is 5.96. The lowest BCUT2D eigenvalue weighted by atomic mass is 9.97. The SMILES string of the molecule is CCc1coc2cnc(C(=O)N[C@@H]3C[C@H]4CCN(C4)C3)cc12. The molecular weight excluding hydrogens is 278 g/mol. The summed E-state index contributed by atoms with van der Waals surface area (Å²) in [6.07, 6.45) is 6.65. The molecular formula is C17H21N3O2. The molecule has 116 valence electrons. The van der Waals surface area contributed by atoms with Crippen LogP contribution in [-0.2, 0) is 6.42 Å². The van der Waals surface area contributed by atoms with E-state index in [1.165, 1.54) is 19.5 Å². The van der Waals surface area contributed by atoms with E-state index in [2.05, 4.69) is 22.1 Å². The Kier molecular flexibility index (Phi) is 3.37. The van der Waals surface area contributed by atoms with Gasteiger partial charge in [0.1, 0.15) is 5.69 Å². The van der Waals surface area contributed by atoms with E-state index in [0.717, 1.165) is 41.8 Å². The van der Waals surface area contributed by atoms with Gasteiger partial charge in [0.05, 0.1) is 12.5 Å². The van der Waals surface area contributed by atoms with Crippen molar-refractivity contribution in [1.82, 2.24) is 15.2 Å². The number of carbonyl (C=O) groups excluding carboxylic acids is 1. The van der Waals surface area contributed by atoms with Gasteiger partial charge in [-0.1, -0.05) is 6.92 Å². The standard InChI is InChI=1S/C17H21N3O2/c1-2-12-10-22-16-7-18-15(6-14(12)16)17(21)19-13-5-11-3-4-20(8-11)9-13/h6-7,10-11,13H,2-5,8-9H2,1H3,(H,19,21)/t11-,13-/m1/s1. The molecule has 2 fully saturated rings. The molecule has 4 rings (SSSR count). The molecule has 2 aliphatic rings. The zero-order valence-corrected chi connectivity index (χ0v) is 12.8. The monoisotopic (exact) mass is 299 g/mol.